The number of hydrogen-bond acceptors (Lipinski definition) is 3. The normalized spacial score (nSPS) is 11.7. The van der Waals surface area contributed by atoms with Gasteiger partial charge in [-0.2, -0.15) is 0 Å². The maximum absolute atomic E-state index is 9.75. The third kappa shape index (κ3) is 6.63. The van der Waals surface area contributed by atoms with E-state index in [0.29, 0.717) is 5.75 Å². The molecule has 3 aromatic carbocycles. The van der Waals surface area contributed by atoms with Crippen LogP contribution in [-0.4, -0.2) is 21.5 Å². The standard InChI is InChI=1S/C25H23NO3.BF4/c1-4-17-10-13-23-20(14-17)22(16-24(29-23)18-8-6-5-7-9-18)26-21-12-11-19(27-2)15-25(21)28-3;2-1(3,4)5/h5-16H,4H2,1-3H3;/q;-1/p+1. The number of ether oxygens (including phenoxy) is 2. The largest absolute Gasteiger partial charge is 0.673 e. The van der Waals surface area contributed by atoms with Crippen molar-refractivity contribution in [3.8, 4) is 22.8 Å². The average Bonchev–Trinajstić information content (AvgIpc) is 2.83. The van der Waals surface area contributed by atoms with Gasteiger partial charge in [-0.1, -0.05) is 43.3 Å². The lowest BCUT2D eigenvalue weighted by Crippen LogP contribution is -2.70. The van der Waals surface area contributed by atoms with E-state index in [1.807, 2.05) is 60.7 Å². The molecular weight excluding hydrogens is 449 g/mol. The Morgan fingerprint density at radius 1 is 0.853 bits per heavy atom. The number of fused-ring (bicyclic) bond motifs is 1. The summed E-state index contributed by atoms with van der Waals surface area (Å²) in [6, 6.07) is 24.2. The Hall–Kier alpha value is -3.75. The molecule has 0 saturated heterocycles. The van der Waals surface area contributed by atoms with E-state index in [1.165, 1.54) is 5.56 Å². The van der Waals surface area contributed by atoms with Gasteiger partial charge in [0.2, 0.25) is 11.0 Å². The molecule has 0 radical (unpaired) electrons. The summed E-state index contributed by atoms with van der Waals surface area (Å²) in [7, 11) is -2.70. The molecule has 34 heavy (non-hydrogen) atoms. The highest BCUT2D eigenvalue weighted by Gasteiger charge is 2.20. The molecule has 4 rings (SSSR count). The molecule has 0 unspecified atom stereocenters. The molecular formula is C25H24BF4NO3. The van der Waals surface area contributed by atoms with Crippen LogP contribution in [0.5, 0.6) is 11.5 Å². The van der Waals surface area contributed by atoms with Crippen LogP contribution in [0.3, 0.4) is 0 Å². The van der Waals surface area contributed by atoms with Gasteiger partial charge >= 0.3 is 7.25 Å². The molecule has 1 aromatic heterocycles. The lowest BCUT2D eigenvalue weighted by atomic mass is 10.1. The zero-order valence-corrected chi connectivity index (χ0v) is 18.9. The van der Waals surface area contributed by atoms with Crippen molar-refractivity contribution in [2.45, 2.75) is 13.3 Å². The fourth-order valence-corrected chi connectivity index (χ4v) is 3.35. The second-order valence-corrected chi connectivity index (χ2v) is 7.26. The van der Waals surface area contributed by atoms with E-state index < -0.39 is 7.25 Å². The van der Waals surface area contributed by atoms with Gasteiger partial charge in [0.25, 0.3) is 0 Å². The summed E-state index contributed by atoms with van der Waals surface area (Å²) >= 11 is 0. The van der Waals surface area contributed by atoms with Crippen LogP contribution in [0, 0.1) is 0 Å². The molecule has 0 aliphatic carbocycles. The van der Waals surface area contributed by atoms with E-state index in [4.69, 9.17) is 13.9 Å². The van der Waals surface area contributed by atoms with Gasteiger partial charge in [0, 0.05) is 17.7 Å². The van der Waals surface area contributed by atoms with Gasteiger partial charge in [-0.25, -0.2) is 4.99 Å². The Labute approximate surface area is 194 Å². The highest BCUT2D eigenvalue weighted by molar-refractivity contribution is 6.50. The first-order valence-corrected chi connectivity index (χ1v) is 10.5. The summed E-state index contributed by atoms with van der Waals surface area (Å²) in [6.07, 6.45) is 0.960. The molecule has 178 valence electrons. The fourth-order valence-electron chi connectivity index (χ4n) is 3.35. The van der Waals surface area contributed by atoms with Crippen LogP contribution in [0.4, 0.5) is 23.0 Å². The molecule has 4 nitrogen and oxygen atoms in total. The Morgan fingerprint density at radius 3 is 2.18 bits per heavy atom. The Bertz CT molecular complexity index is 1320. The number of hydrogen-bond donors (Lipinski definition) is 1. The quantitative estimate of drug-likeness (QED) is 0.317. The average molecular weight is 473 g/mol. The van der Waals surface area contributed by atoms with Crippen molar-refractivity contribution in [2.24, 2.45) is 0 Å². The van der Waals surface area contributed by atoms with Crippen LogP contribution >= 0.6 is 0 Å². The summed E-state index contributed by atoms with van der Waals surface area (Å²) in [5.74, 6) is 2.27. The van der Waals surface area contributed by atoms with Gasteiger partial charge in [0.05, 0.1) is 25.7 Å². The van der Waals surface area contributed by atoms with Crippen LogP contribution < -0.4 is 19.8 Å². The van der Waals surface area contributed by atoms with E-state index in [-0.39, 0.29) is 0 Å². The molecule has 0 fully saturated rings. The first kappa shape index (κ1) is 24.9. The summed E-state index contributed by atoms with van der Waals surface area (Å²) < 4.78 is 56.1. The van der Waals surface area contributed by atoms with Crippen molar-refractivity contribution in [3.05, 3.63) is 83.7 Å². The minimum Gasteiger partial charge on any atom is -0.497 e. The first-order chi connectivity index (χ1) is 16.2. The lowest BCUT2D eigenvalue weighted by Gasteiger charge is -2.06. The van der Waals surface area contributed by atoms with Gasteiger partial charge < -0.3 is 31.2 Å². The van der Waals surface area contributed by atoms with E-state index in [2.05, 4.69) is 24.0 Å². The topological polar surface area (TPSA) is 45.6 Å². The molecule has 0 atom stereocenters. The van der Waals surface area contributed by atoms with Gasteiger partial charge in [-0.05, 0) is 30.2 Å². The summed E-state index contributed by atoms with van der Waals surface area (Å²) in [5, 5.41) is 1.99. The van der Waals surface area contributed by atoms with Crippen molar-refractivity contribution in [1.29, 1.82) is 0 Å². The van der Waals surface area contributed by atoms with Gasteiger partial charge in [0.1, 0.15) is 17.1 Å². The smallest absolute Gasteiger partial charge is 0.497 e. The summed E-state index contributed by atoms with van der Waals surface area (Å²) in [4.78, 5) is 3.54. The maximum atomic E-state index is 9.75. The van der Waals surface area contributed by atoms with Crippen LogP contribution in [0.1, 0.15) is 12.5 Å². The molecule has 9 heteroatoms. The maximum Gasteiger partial charge on any atom is 0.673 e. The number of aryl methyl sites for hydroxylation is 1. The molecule has 0 spiro atoms. The first-order valence-electron chi connectivity index (χ1n) is 10.5. The third-order valence-corrected chi connectivity index (χ3v) is 4.97. The molecule has 1 heterocycles. The van der Waals surface area contributed by atoms with Gasteiger partial charge in [0.15, 0.2) is 5.75 Å². The molecule has 0 bridgehead atoms. The van der Waals surface area contributed by atoms with Crippen LogP contribution in [0.15, 0.2) is 77.2 Å². The molecule has 0 amide bonds. The number of nitrogens with one attached hydrogen (secondary N) is 1. The van der Waals surface area contributed by atoms with E-state index >= 15 is 0 Å². The molecule has 0 saturated carbocycles. The van der Waals surface area contributed by atoms with Crippen LogP contribution in [-0.2, 0) is 6.42 Å². The Balaban J connectivity index is 0.000000588. The minimum atomic E-state index is -6.00. The highest BCUT2D eigenvalue weighted by Crippen LogP contribution is 2.26. The van der Waals surface area contributed by atoms with Gasteiger partial charge in [-0.3, -0.25) is 0 Å². The second-order valence-electron chi connectivity index (χ2n) is 7.26. The molecule has 0 aliphatic rings. The van der Waals surface area contributed by atoms with Crippen molar-refractivity contribution < 1.29 is 36.1 Å². The molecule has 1 N–H and O–H groups in total. The number of benzene rings is 3. The molecule has 4 aromatic rings. The number of rotatable bonds is 5. The minimum absolute atomic E-state index is 0.714. The van der Waals surface area contributed by atoms with Gasteiger partial charge in [-0.15, -0.1) is 0 Å². The SMILES string of the molecule is CCc1ccc2oc(-c3ccccc3)cc(=[NH+]c3ccc(OC)cc3OC)c2c1.F[B-](F)(F)F. The predicted molar refractivity (Wildman–Crippen MR) is 125 cm³/mol. The lowest BCUT2D eigenvalue weighted by molar-refractivity contribution is -0.401. The predicted octanol–water partition coefficient (Wildman–Crippen LogP) is 5.29. The van der Waals surface area contributed by atoms with E-state index in [1.54, 1.807) is 14.2 Å². The number of methoxy groups -OCH3 is 2. The third-order valence-electron chi connectivity index (χ3n) is 4.97. The highest BCUT2D eigenvalue weighted by atomic mass is 19.5. The second kappa shape index (κ2) is 10.9. The van der Waals surface area contributed by atoms with Crippen LogP contribution in [0.2, 0.25) is 0 Å². The Kier molecular flexibility index (Phi) is 7.99. The zero-order valence-electron chi connectivity index (χ0n) is 18.9. The van der Waals surface area contributed by atoms with E-state index in [0.717, 1.165) is 45.5 Å². The summed E-state index contributed by atoms with van der Waals surface area (Å²) in [6.45, 7) is 2.15. The van der Waals surface area contributed by atoms with Crippen molar-refractivity contribution in [1.82, 2.24) is 0 Å². The zero-order chi connectivity index (χ0) is 24.7. The number of halogens is 4. The van der Waals surface area contributed by atoms with Crippen molar-refractivity contribution >= 4 is 23.9 Å². The van der Waals surface area contributed by atoms with E-state index in [9.17, 15) is 17.3 Å². The molecule has 0 aliphatic heterocycles. The van der Waals surface area contributed by atoms with Crippen molar-refractivity contribution in [3.63, 3.8) is 0 Å². The summed E-state index contributed by atoms with van der Waals surface area (Å²) in [5.41, 5.74) is 3.98. The fraction of sp³-hybridized carbons (Fsp3) is 0.160. The monoisotopic (exact) mass is 473 g/mol. The van der Waals surface area contributed by atoms with Crippen LogP contribution in [0.25, 0.3) is 22.3 Å². The van der Waals surface area contributed by atoms with Crippen molar-refractivity contribution in [2.75, 3.05) is 14.2 Å². The Morgan fingerprint density at radius 2 is 1.56 bits per heavy atom.